The highest BCUT2D eigenvalue weighted by Crippen LogP contribution is 2.26. The number of nitrogens with zero attached hydrogens (tertiary/aromatic N) is 1. The molecule has 0 saturated heterocycles. The number of aromatic nitrogens is 1. The van der Waals surface area contributed by atoms with E-state index < -0.39 is 0 Å². The Morgan fingerprint density at radius 2 is 2.15 bits per heavy atom. The summed E-state index contributed by atoms with van der Waals surface area (Å²) in [6.07, 6.45) is 2.21. The van der Waals surface area contributed by atoms with Crippen molar-refractivity contribution in [1.29, 1.82) is 0 Å². The fourth-order valence-corrected chi connectivity index (χ4v) is 2.34. The Morgan fingerprint density at radius 3 is 3.00 bits per heavy atom. The fourth-order valence-electron chi connectivity index (χ4n) is 2.34. The van der Waals surface area contributed by atoms with Gasteiger partial charge in [-0.2, -0.15) is 0 Å². The van der Waals surface area contributed by atoms with E-state index in [1.807, 2.05) is 24.3 Å². The molecule has 1 aliphatic heterocycles. The maximum Gasteiger partial charge on any atom is 0.230 e. The SMILES string of the molecule is O=C(Nc1ncccc1O)C1CNc2ccccc2C1. The molecule has 1 unspecified atom stereocenters. The zero-order valence-corrected chi connectivity index (χ0v) is 10.8. The van der Waals surface area contributed by atoms with Gasteiger partial charge in [-0.25, -0.2) is 4.98 Å². The first-order valence-corrected chi connectivity index (χ1v) is 6.50. The van der Waals surface area contributed by atoms with Crippen LogP contribution in [0.3, 0.4) is 0 Å². The van der Waals surface area contributed by atoms with Gasteiger partial charge in [0.25, 0.3) is 0 Å². The Hall–Kier alpha value is -2.56. The minimum absolute atomic E-state index is 0.0231. The summed E-state index contributed by atoms with van der Waals surface area (Å²) in [5.41, 5.74) is 2.21. The zero-order valence-electron chi connectivity index (χ0n) is 10.8. The molecule has 0 radical (unpaired) electrons. The molecule has 0 aliphatic carbocycles. The quantitative estimate of drug-likeness (QED) is 0.779. The summed E-state index contributed by atoms with van der Waals surface area (Å²) in [5, 5.41) is 15.5. The third-order valence-corrected chi connectivity index (χ3v) is 3.42. The van der Waals surface area contributed by atoms with Crippen molar-refractivity contribution >= 4 is 17.4 Å². The van der Waals surface area contributed by atoms with E-state index in [0.717, 1.165) is 11.3 Å². The van der Waals surface area contributed by atoms with Crippen LogP contribution in [0.15, 0.2) is 42.6 Å². The molecule has 1 aliphatic rings. The van der Waals surface area contributed by atoms with Gasteiger partial charge < -0.3 is 15.7 Å². The molecule has 0 spiro atoms. The smallest absolute Gasteiger partial charge is 0.230 e. The molecule has 0 saturated carbocycles. The van der Waals surface area contributed by atoms with Gasteiger partial charge in [0.1, 0.15) is 0 Å². The van der Waals surface area contributed by atoms with Crippen molar-refractivity contribution in [3.05, 3.63) is 48.2 Å². The maximum absolute atomic E-state index is 12.2. The summed E-state index contributed by atoms with van der Waals surface area (Å²) < 4.78 is 0. The van der Waals surface area contributed by atoms with Crippen LogP contribution in [0.1, 0.15) is 5.56 Å². The van der Waals surface area contributed by atoms with E-state index in [1.54, 1.807) is 6.07 Å². The summed E-state index contributed by atoms with van der Waals surface area (Å²) in [4.78, 5) is 16.2. The average molecular weight is 269 g/mol. The van der Waals surface area contributed by atoms with Gasteiger partial charge in [0.15, 0.2) is 11.6 Å². The van der Waals surface area contributed by atoms with Gasteiger partial charge in [0, 0.05) is 18.4 Å². The fraction of sp³-hybridized carbons (Fsp3) is 0.200. The van der Waals surface area contributed by atoms with Crippen molar-refractivity contribution in [2.75, 3.05) is 17.2 Å². The number of rotatable bonds is 2. The maximum atomic E-state index is 12.2. The van der Waals surface area contributed by atoms with Crippen LogP contribution in [-0.2, 0) is 11.2 Å². The second-order valence-electron chi connectivity index (χ2n) is 4.80. The Bertz CT molecular complexity index is 643. The van der Waals surface area contributed by atoms with Crippen LogP contribution in [-0.4, -0.2) is 22.5 Å². The topological polar surface area (TPSA) is 74.2 Å². The number of fused-ring (bicyclic) bond motifs is 1. The predicted octanol–water partition coefficient (Wildman–Crippen LogP) is 2.01. The van der Waals surface area contributed by atoms with Crippen molar-refractivity contribution in [2.45, 2.75) is 6.42 Å². The standard InChI is InChI=1S/C15H15N3O2/c19-13-6-3-7-16-14(13)18-15(20)11-8-10-4-1-2-5-12(10)17-9-11/h1-7,11,17,19H,8-9H2,(H,16,18,20). The largest absolute Gasteiger partial charge is 0.504 e. The van der Waals surface area contributed by atoms with Gasteiger partial charge in [0.05, 0.1) is 5.92 Å². The number of para-hydroxylation sites is 1. The number of hydrogen-bond donors (Lipinski definition) is 3. The molecule has 5 nitrogen and oxygen atoms in total. The molecule has 0 bridgehead atoms. The average Bonchev–Trinajstić information content (AvgIpc) is 2.49. The molecule has 20 heavy (non-hydrogen) atoms. The Kier molecular flexibility index (Phi) is 3.25. The molecule has 2 heterocycles. The minimum Gasteiger partial charge on any atom is -0.504 e. The van der Waals surface area contributed by atoms with Crippen molar-refractivity contribution in [1.82, 2.24) is 4.98 Å². The van der Waals surface area contributed by atoms with E-state index in [9.17, 15) is 9.90 Å². The number of anilines is 2. The molecule has 1 atom stereocenters. The van der Waals surface area contributed by atoms with Gasteiger partial charge in [-0.15, -0.1) is 0 Å². The monoisotopic (exact) mass is 269 g/mol. The molecule has 1 aromatic carbocycles. The molecule has 5 heteroatoms. The van der Waals surface area contributed by atoms with Crippen molar-refractivity contribution in [3.8, 4) is 5.75 Å². The van der Waals surface area contributed by atoms with Gasteiger partial charge >= 0.3 is 0 Å². The lowest BCUT2D eigenvalue weighted by atomic mass is 9.93. The van der Waals surface area contributed by atoms with Crippen LogP contribution in [0.5, 0.6) is 5.75 Å². The Balaban J connectivity index is 1.72. The second kappa shape index (κ2) is 5.21. The number of hydrogen-bond acceptors (Lipinski definition) is 4. The van der Waals surface area contributed by atoms with Gasteiger partial charge in [-0.05, 0) is 30.2 Å². The van der Waals surface area contributed by atoms with Crippen LogP contribution < -0.4 is 10.6 Å². The number of amides is 1. The highest BCUT2D eigenvalue weighted by atomic mass is 16.3. The molecule has 3 rings (SSSR count). The van der Waals surface area contributed by atoms with E-state index in [4.69, 9.17) is 0 Å². The van der Waals surface area contributed by atoms with Gasteiger partial charge in [0.2, 0.25) is 5.91 Å². The number of pyridine rings is 1. The van der Waals surface area contributed by atoms with E-state index in [-0.39, 0.29) is 23.4 Å². The normalized spacial score (nSPS) is 16.9. The van der Waals surface area contributed by atoms with Crippen molar-refractivity contribution < 1.29 is 9.90 Å². The number of carbonyl (C=O) groups is 1. The number of aromatic hydroxyl groups is 1. The summed E-state index contributed by atoms with van der Waals surface area (Å²) >= 11 is 0. The third kappa shape index (κ3) is 2.42. The summed E-state index contributed by atoms with van der Waals surface area (Å²) in [6.45, 7) is 0.580. The minimum atomic E-state index is -0.175. The Morgan fingerprint density at radius 1 is 1.30 bits per heavy atom. The van der Waals surface area contributed by atoms with E-state index in [0.29, 0.717) is 13.0 Å². The first-order chi connectivity index (χ1) is 9.74. The summed E-state index contributed by atoms with van der Waals surface area (Å²) in [7, 11) is 0. The van der Waals surface area contributed by atoms with Crippen molar-refractivity contribution in [2.24, 2.45) is 5.92 Å². The molecule has 102 valence electrons. The Labute approximate surface area is 116 Å². The zero-order chi connectivity index (χ0) is 13.9. The van der Waals surface area contributed by atoms with Crippen LogP contribution >= 0.6 is 0 Å². The molecular formula is C15H15N3O2. The van der Waals surface area contributed by atoms with E-state index in [1.165, 1.54) is 12.3 Å². The van der Waals surface area contributed by atoms with Crippen LogP contribution in [0.4, 0.5) is 11.5 Å². The summed E-state index contributed by atoms with van der Waals surface area (Å²) in [6, 6.07) is 11.1. The predicted molar refractivity (Wildman–Crippen MR) is 76.7 cm³/mol. The number of carbonyl (C=O) groups excluding carboxylic acids is 1. The van der Waals surface area contributed by atoms with E-state index >= 15 is 0 Å². The molecule has 1 aromatic heterocycles. The molecule has 3 N–H and O–H groups in total. The van der Waals surface area contributed by atoms with Crippen LogP contribution in [0, 0.1) is 5.92 Å². The second-order valence-corrected chi connectivity index (χ2v) is 4.80. The summed E-state index contributed by atoms with van der Waals surface area (Å²) in [5.74, 6) is -0.131. The molecule has 0 fully saturated rings. The van der Waals surface area contributed by atoms with Crippen molar-refractivity contribution in [3.63, 3.8) is 0 Å². The lowest BCUT2D eigenvalue weighted by molar-refractivity contribution is -0.119. The lowest BCUT2D eigenvalue weighted by Gasteiger charge is -2.25. The molecular weight excluding hydrogens is 254 g/mol. The number of nitrogens with one attached hydrogen (secondary N) is 2. The first kappa shape index (κ1) is 12.5. The molecule has 2 aromatic rings. The van der Waals surface area contributed by atoms with E-state index in [2.05, 4.69) is 15.6 Å². The van der Waals surface area contributed by atoms with Gasteiger partial charge in [-0.3, -0.25) is 4.79 Å². The highest BCUT2D eigenvalue weighted by Gasteiger charge is 2.24. The lowest BCUT2D eigenvalue weighted by Crippen LogP contribution is -2.33. The number of benzene rings is 1. The highest BCUT2D eigenvalue weighted by molar-refractivity contribution is 5.93. The molecule has 1 amide bonds. The van der Waals surface area contributed by atoms with Crippen LogP contribution in [0.2, 0.25) is 0 Å². The van der Waals surface area contributed by atoms with Gasteiger partial charge in [-0.1, -0.05) is 18.2 Å². The first-order valence-electron chi connectivity index (χ1n) is 6.50. The van der Waals surface area contributed by atoms with Crippen LogP contribution in [0.25, 0.3) is 0 Å². The third-order valence-electron chi connectivity index (χ3n) is 3.42.